The molecule has 322 valence electrons. The summed E-state index contributed by atoms with van der Waals surface area (Å²) in [5.74, 6) is 0. The Balaban J connectivity index is 0.977. The number of aromatic nitrogens is 2. The first-order chi connectivity index (χ1) is 34.2. The molecule has 3 heterocycles. The van der Waals surface area contributed by atoms with Gasteiger partial charge in [0.2, 0.25) is 0 Å². The molecule has 0 radical (unpaired) electrons. The molecule has 0 spiro atoms. The molecular weight excluding hydrogens is 893 g/mol. The van der Waals surface area contributed by atoms with Gasteiger partial charge in [-0.2, -0.15) is 0 Å². The van der Waals surface area contributed by atoms with E-state index >= 15 is 0 Å². The molecule has 0 atom stereocenters. The van der Waals surface area contributed by atoms with Crippen molar-refractivity contribution in [3.63, 3.8) is 0 Å². The summed E-state index contributed by atoms with van der Waals surface area (Å²) in [6, 6.07) is 99.9. The van der Waals surface area contributed by atoms with E-state index in [2.05, 4.69) is 276 Å². The molecule has 0 bridgehead atoms. The first-order valence-corrected chi connectivity index (χ1v) is 28.1. The molecule has 2 aromatic heterocycles. The third-order valence-corrected chi connectivity index (χ3v) is 25.0. The van der Waals surface area contributed by atoms with Crippen LogP contribution in [0.15, 0.2) is 267 Å². The number of hydrogen-bond donors (Lipinski definition) is 0. The second kappa shape index (κ2) is 15.8. The van der Waals surface area contributed by atoms with Gasteiger partial charge in [0.05, 0.1) is 0 Å². The van der Waals surface area contributed by atoms with Crippen LogP contribution in [0.2, 0.25) is 0 Å². The summed E-state index contributed by atoms with van der Waals surface area (Å²) in [6.45, 7) is 0. The number of benzene rings is 11. The third-order valence-electron chi connectivity index (χ3n) is 14.8. The quantitative estimate of drug-likeness (QED) is 0.141. The van der Waals surface area contributed by atoms with E-state index in [4.69, 9.17) is 0 Å². The van der Waals surface area contributed by atoms with Crippen LogP contribution in [0.25, 0.3) is 99.5 Å². The van der Waals surface area contributed by atoms with Gasteiger partial charge in [0.1, 0.15) is 0 Å². The first kappa shape index (κ1) is 39.7. The molecule has 0 amide bonds. The summed E-state index contributed by atoms with van der Waals surface area (Å²) >= 11 is -3.70. The average molecular weight is 938 g/mol. The molecule has 3 heteroatoms. The summed E-state index contributed by atoms with van der Waals surface area (Å²) in [5.41, 5.74) is 17.2. The molecule has 11 aromatic carbocycles. The maximum absolute atomic E-state index is 3.70. The van der Waals surface area contributed by atoms with Crippen molar-refractivity contribution in [2.75, 3.05) is 0 Å². The van der Waals surface area contributed by atoms with Crippen LogP contribution in [0.5, 0.6) is 0 Å². The fourth-order valence-corrected chi connectivity index (χ4v) is 22.7. The van der Waals surface area contributed by atoms with E-state index in [0.717, 1.165) is 5.69 Å². The van der Waals surface area contributed by atoms with Gasteiger partial charge < -0.3 is 0 Å². The van der Waals surface area contributed by atoms with E-state index < -0.39 is 13.3 Å². The molecule has 1 aliphatic heterocycles. The monoisotopic (exact) mass is 938 g/mol. The Bertz CT molecular complexity index is 4060. The van der Waals surface area contributed by atoms with Crippen molar-refractivity contribution in [1.29, 1.82) is 0 Å². The molecule has 0 saturated carbocycles. The Morgan fingerprint density at radius 1 is 0.232 bits per heavy atom. The van der Waals surface area contributed by atoms with Gasteiger partial charge in [-0.25, -0.2) is 0 Å². The van der Waals surface area contributed by atoms with Gasteiger partial charge in [-0.15, -0.1) is 0 Å². The van der Waals surface area contributed by atoms with E-state index in [0.29, 0.717) is 0 Å². The van der Waals surface area contributed by atoms with Crippen molar-refractivity contribution in [3.8, 4) is 55.9 Å². The summed E-state index contributed by atoms with van der Waals surface area (Å²) in [6.07, 6.45) is 0. The standard InChI is InChI=1S/C66H44GeN2/c1-6-18-45(19-7-1)46-33-38-64-59(40-46)60-41-47(34-39-65(60)68(64)53-24-12-4-13-25-53)48-30-35-55-56-36-31-49(43-62(56)67(61(55)42-48,51-20-8-2-9-21-51)52-22-10-3-11-23-52)50-32-37-58-57-28-16-17-29-63(57)69(66(58)44-50)54-26-14-5-15-27-54/h1-44H. The van der Waals surface area contributed by atoms with Crippen molar-refractivity contribution < 1.29 is 0 Å². The van der Waals surface area contributed by atoms with E-state index in [1.54, 1.807) is 0 Å². The molecule has 0 N–H and O–H groups in total. The van der Waals surface area contributed by atoms with Crippen LogP contribution in [0.3, 0.4) is 0 Å². The number of nitrogens with zero attached hydrogens (tertiary/aromatic N) is 2. The van der Waals surface area contributed by atoms with Crippen LogP contribution in [0.1, 0.15) is 0 Å². The zero-order chi connectivity index (χ0) is 45.5. The SMILES string of the molecule is c1ccc(-c2ccc3c(c2)c2cc(-c4ccc5[c](c4)[Ge]([c]4ccccc4)([c]4ccccc4)[c]4cc(-c6ccc7c8ccccc8n(-c8ccccc8)c7c6)ccc4-5)ccc2n3-c2ccccc2)cc1. The first-order valence-electron chi connectivity index (χ1n) is 23.9. The van der Waals surface area contributed by atoms with Crippen LogP contribution in [-0.4, -0.2) is 22.4 Å². The molecule has 14 rings (SSSR count). The second-order valence-electron chi connectivity index (χ2n) is 18.4. The zero-order valence-electron chi connectivity index (χ0n) is 37.8. The van der Waals surface area contributed by atoms with Gasteiger partial charge in [-0.1, -0.05) is 6.07 Å². The Labute approximate surface area is 404 Å². The molecule has 0 aliphatic carbocycles. The third kappa shape index (κ3) is 6.12. The van der Waals surface area contributed by atoms with E-state index in [1.807, 2.05) is 0 Å². The van der Waals surface area contributed by atoms with Gasteiger partial charge in [0, 0.05) is 0 Å². The minimum atomic E-state index is -3.70. The maximum atomic E-state index is 2.58. The summed E-state index contributed by atoms with van der Waals surface area (Å²) in [5, 5.41) is 5.03. The van der Waals surface area contributed by atoms with Crippen LogP contribution < -0.4 is 17.6 Å². The molecule has 1 aliphatic rings. The van der Waals surface area contributed by atoms with Gasteiger partial charge in [-0.3, -0.25) is 0 Å². The normalized spacial score (nSPS) is 12.8. The second-order valence-corrected chi connectivity index (χ2v) is 26.3. The number of hydrogen-bond acceptors (Lipinski definition) is 0. The molecule has 0 saturated heterocycles. The van der Waals surface area contributed by atoms with Gasteiger partial charge in [-0.05, 0) is 0 Å². The molecule has 13 aromatic rings. The van der Waals surface area contributed by atoms with Crippen LogP contribution in [0.4, 0.5) is 0 Å². The fourth-order valence-electron chi connectivity index (χ4n) is 11.7. The number of rotatable bonds is 7. The van der Waals surface area contributed by atoms with Gasteiger partial charge in [0.25, 0.3) is 0 Å². The predicted octanol–water partition coefficient (Wildman–Crippen LogP) is 14.2. The van der Waals surface area contributed by atoms with E-state index in [1.165, 1.54) is 111 Å². The predicted molar refractivity (Wildman–Crippen MR) is 294 cm³/mol. The van der Waals surface area contributed by atoms with Gasteiger partial charge >= 0.3 is 400 Å². The fraction of sp³-hybridized carbons (Fsp3) is 0. The van der Waals surface area contributed by atoms with Crippen LogP contribution in [0, 0.1) is 0 Å². The van der Waals surface area contributed by atoms with Crippen LogP contribution in [-0.2, 0) is 0 Å². The van der Waals surface area contributed by atoms with Crippen molar-refractivity contribution >= 4 is 74.5 Å². The Kier molecular flexibility index (Phi) is 9.11. The summed E-state index contributed by atoms with van der Waals surface area (Å²) in [4.78, 5) is 0. The van der Waals surface area contributed by atoms with Gasteiger partial charge in [0.15, 0.2) is 0 Å². The molecule has 0 fully saturated rings. The average Bonchev–Trinajstić information content (AvgIpc) is 4.05. The molecule has 0 unspecified atom stereocenters. The van der Waals surface area contributed by atoms with Crippen LogP contribution >= 0.6 is 0 Å². The van der Waals surface area contributed by atoms with Crippen molar-refractivity contribution in [1.82, 2.24) is 9.13 Å². The number of para-hydroxylation sites is 3. The number of fused-ring (bicyclic) bond motifs is 9. The van der Waals surface area contributed by atoms with E-state index in [9.17, 15) is 0 Å². The Morgan fingerprint density at radius 2 is 0.609 bits per heavy atom. The Morgan fingerprint density at radius 3 is 1.16 bits per heavy atom. The topological polar surface area (TPSA) is 9.86 Å². The molecular formula is C66H44GeN2. The van der Waals surface area contributed by atoms with E-state index in [-0.39, 0.29) is 0 Å². The summed E-state index contributed by atoms with van der Waals surface area (Å²) < 4.78 is 10.7. The molecule has 69 heavy (non-hydrogen) atoms. The minimum absolute atomic E-state index is 1.16. The van der Waals surface area contributed by atoms with Crippen molar-refractivity contribution in [2.24, 2.45) is 0 Å². The Hall–Kier alpha value is -8.44. The van der Waals surface area contributed by atoms with Crippen molar-refractivity contribution in [2.45, 2.75) is 0 Å². The zero-order valence-corrected chi connectivity index (χ0v) is 39.9. The summed E-state index contributed by atoms with van der Waals surface area (Å²) in [7, 11) is 0. The molecule has 2 nitrogen and oxygen atoms in total. The van der Waals surface area contributed by atoms with Crippen molar-refractivity contribution in [3.05, 3.63) is 267 Å².